The fourth-order valence-corrected chi connectivity index (χ4v) is 1.75. The number of carboxylic acid groups (broad SMARTS) is 1. The van der Waals surface area contributed by atoms with Crippen molar-refractivity contribution in [2.45, 2.75) is 33.2 Å². The normalized spacial score (nSPS) is 12.0. The number of benzene rings is 1. The molecule has 5 heteroatoms. The van der Waals surface area contributed by atoms with Crippen molar-refractivity contribution in [3.8, 4) is 0 Å². The lowest BCUT2D eigenvalue weighted by Gasteiger charge is -2.14. The Morgan fingerprint density at radius 3 is 2.56 bits per heavy atom. The number of nitrogens with one attached hydrogen (secondary N) is 1. The zero-order valence-electron chi connectivity index (χ0n) is 10.6. The molecule has 98 valence electrons. The average Bonchev–Trinajstić information content (AvgIpc) is 2.27. The molecule has 0 spiro atoms. The molecule has 4 nitrogen and oxygen atoms in total. The Morgan fingerprint density at radius 2 is 2.06 bits per heavy atom. The summed E-state index contributed by atoms with van der Waals surface area (Å²) in [4.78, 5) is 22.7. The summed E-state index contributed by atoms with van der Waals surface area (Å²) >= 11 is 0. The number of hydrogen-bond donors (Lipinski definition) is 2. The monoisotopic (exact) mass is 253 g/mol. The van der Waals surface area contributed by atoms with E-state index in [0.717, 1.165) is 0 Å². The molecule has 0 heterocycles. The molecule has 0 aliphatic carbocycles. The van der Waals surface area contributed by atoms with Gasteiger partial charge in [-0.1, -0.05) is 6.92 Å². The molecule has 0 bridgehead atoms. The Bertz CT molecular complexity index is 485. The summed E-state index contributed by atoms with van der Waals surface area (Å²) in [5, 5.41) is 11.1. The van der Waals surface area contributed by atoms with Gasteiger partial charge in [-0.2, -0.15) is 0 Å². The highest BCUT2D eigenvalue weighted by atomic mass is 19.1. The minimum absolute atomic E-state index is 0.354. The number of rotatable bonds is 4. The summed E-state index contributed by atoms with van der Waals surface area (Å²) in [6.45, 7) is 4.82. The summed E-state index contributed by atoms with van der Waals surface area (Å²) in [6, 6.07) is 1.58. The summed E-state index contributed by atoms with van der Waals surface area (Å²) < 4.78 is 13.2. The lowest BCUT2D eigenvalue weighted by atomic mass is 9.99. The Labute approximate surface area is 105 Å². The number of amides is 1. The quantitative estimate of drug-likeness (QED) is 0.861. The van der Waals surface area contributed by atoms with Crippen molar-refractivity contribution in [2.75, 3.05) is 0 Å². The van der Waals surface area contributed by atoms with E-state index in [4.69, 9.17) is 5.11 Å². The number of hydrogen-bond acceptors (Lipinski definition) is 2. The molecule has 1 amide bonds. The number of carbonyl (C=O) groups is 2. The Balaban J connectivity index is 3.09. The molecule has 2 N–H and O–H groups in total. The SMILES string of the molecule is CCc1cc(F)cc(C)c1C(=O)NC(C)C(=O)O. The van der Waals surface area contributed by atoms with E-state index in [9.17, 15) is 14.0 Å². The smallest absolute Gasteiger partial charge is 0.325 e. The topological polar surface area (TPSA) is 66.4 Å². The molecule has 18 heavy (non-hydrogen) atoms. The molecule has 1 rings (SSSR count). The van der Waals surface area contributed by atoms with Crippen LogP contribution in [0.15, 0.2) is 12.1 Å². The fourth-order valence-electron chi connectivity index (χ4n) is 1.75. The van der Waals surface area contributed by atoms with Gasteiger partial charge in [-0.25, -0.2) is 4.39 Å². The van der Waals surface area contributed by atoms with Crippen molar-refractivity contribution in [1.82, 2.24) is 5.32 Å². The van der Waals surface area contributed by atoms with Gasteiger partial charge in [0.05, 0.1) is 0 Å². The van der Waals surface area contributed by atoms with Gasteiger partial charge in [0.2, 0.25) is 0 Å². The van der Waals surface area contributed by atoms with Gasteiger partial charge in [0.15, 0.2) is 0 Å². The van der Waals surface area contributed by atoms with Crippen molar-refractivity contribution >= 4 is 11.9 Å². The first-order valence-corrected chi connectivity index (χ1v) is 5.69. The van der Waals surface area contributed by atoms with Gasteiger partial charge < -0.3 is 10.4 Å². The first kappa shape index (κ1) is 14.2. The van der Waals surface area contributed by atoms with E-state index in [1.54, 1.807) is 6.92 Å². The zero-order chi connectivity index (χ0) is 13.9. The molecule has 0 aromatic heterocycles. The molecule has 0 aliphatic rings. The van der Waals surface area contributed by atoms with E-state index in [2.05, 4.69) is 5.32 Å². The molecule has 1 atom stereocenters. The standard InChI is InChI=1S/C13H16FNO3/c1-4-9-6-10(14)5-7(2)11(9)12(16)15-8(3)13(17)18/h5-6,8H,4H2,1-3H3,(H,15,16)(H,17,18). The lowest BCUT2D eigenvalue weighted by Crippen LogP contribution is -2.39. The zero-order valence-corrected chi connectivity index (χ0v) is 10.6. The van der Waals surface area contributed by atoms with E-state index < -0.39 is 23.7 Å². The van der Waals surface area contributed by atoms with Gasteiger partial charge >= 0.3 is 5.97 Å². The average molecular weight is 253 g/mol. The van der Waals surface area contributed by atoms with Crippen LogP contribution in [-0.4, -0.2) is 23.0 Å². The van der Waals surface area contributed by atoms with Gasteiger partial charge in [-0.15, -0.1) is 0 Å². The maximum atomic E-state index is 13.2. The summed E-state index contributed by atoms with van der Waals surface area (Å²) in [6.07, 6.45) is 0.503. The second-order valence-corrected chi connectivity index (χ2v) is 4.14. The van der Waals surface area contributed by atoms with Gasteiger partial charge in [0.25, 0.3) is 5.91 Å². The van der Waals surface area contributed by atoms with Crippen LogP contribution in [0.4, 0.5) is 4.39 Å². The minimum atomic E-state index is -1.11. The number of carboxylic acids is 1. The van der Waals surface area contributed by atoms with Crippen molar-refractivity contribution in [1.29, 1.82) is 0 Å². The Kier molecular flexibility index (Phi) is 4.42. The number of aryl methyl sites for hydroxylation is 2. The van der Waals surface area contributed by atoms with Gasteiger partial charge in [0.1, 0.15) is 11.9 Å². The first-order valence-electron chi connectivity index (χ1n) is 5.69. The van der Waals surface area contributed by atoms with E-state index in [1.165, 1.54) is 19.1 Å². The van der Waals surface area contributed by atoms with Crippen LogP contribution in [0.3, 0.4) is 0 Å². The lowest BCUT2D eigenvalue weighted by molar-refractivity contribution is -0.138. The number of carbonyl (C=O) groups excluding carboxylic acids is 1. The molecular formula is C13H16FNO3. The summed E-state index contributed by atoms with van der Waals surface area (Å²) in [5.74, 6) is -1.99. The molecule has 0 aliphatic heterocycles. The number of halogens is 1. The van der Waals surface area contributed by atoms with Crippen LogP contribution in [0.1, 0.15) is 35.3 Å². The van der Waals surface area contributed by atoms with Crippen LogP contribution in [0.25, 0.3) is 0 Å². The van der Waals surface area contributed by atoms with Crippen molar-refractivity contribution < 1.29 is 19.1 Å². The maximum absolute atomic E-state index is 13.2. The van der Waals surface area contributed by atoms with Crippen molar-refractivity contribution in [3.05, 3.63) is 34.6 Å². The second kappa shape index (κ2) is 5.62. The molecule has 0 saturated heterocycles. The third kappa shape index (κ3) is 3.06. The third-order valence-electron chi connectivity index (χ3n) is 2.71. The Morgan fingerprint density at radius 1 is 1.44 bits per heavy atom. The first-order chi connectivity index (χ1) is 8.36. The fraction of sp³-hybridized carbons (Fsp3) is 0.385. The molecule has 1 aromatic carbocycles. The van der Waals surface area contributed by atoms with Crippen molar-refractivity contribution in [3.63, 3.8) is 0 Å². The molecule has 0 radical (unpaired) electrons. The molecule has 1 unspecified atom stereocenters. The van der Waals surface area contributed by atoms with Crippen LogP contribution >= 0.6 is 0 Å². The van der Waals surface area contributed by atoms with Gasteiger partial charge in [-0.05, 0) is 43.5 Å². The molecule has 0 saturated carbocycles. The molecule has 1 aromatic rings. The molecular weight excluding hydrogens is 237 g/mol. The maximum Gasteiger partial charge on any atom is 0.325 e. The van der Waals surface area contributed by atoms with E-state index in [1.807, 2.05) is 6.92 Å². The second-order valence-electron chi connectivity index (χ2n) is 4.14. The highest BCUT2D eigenvalue weighted by molar-refractivity contribution is 5.99. The number of aliphatic carboxylic acids is 1. The van der Waals surface area contributed by atoms with Crippen LogP contribution in [0.5, 0.6) is 0 Å². The highest BCUT2D eigenvalue weighted by Crippen LogP contribution is 2.17. The van der Waals surface area contributed by atoms with Crippen LogP contribution < -0.4 is 5.32 Å². The molecule has 0 fully saturated rings. The largest absolute Gasteiger partial charge is 0.480 e. The van der Waals surface area contributed by atoms with E-state index in [0.29, 0.717) is 23.1 Å². The predicted octanol–water partition coefficient (Wildman–Crippen LogP) is 1.90. The van der Waals surface area contributed by atoms with E-state index in [-0.39, 0.29) is 0 Å². The summed E-state index contributed by atoms with van der Waals surface area (Å²) in [7, 11) is 0. The van der Waals surface area contributed by atoms with Crippen LogP contribution in [-0.2, 0) is 11.2 Å². The van der Waals surface area contributed by atoms with Crippen LogP contribution in [0, 0.1) is 12.7 Å². The summed E-state index contributed by atoms with van der Waals surface area (Å²) in [5.41, 5.74) is 1.43. The van der Waals surface area contributed by atoms with Gasteiger partial charge in [-0.3, -0.25) is 9.59 Å². The Hall–Kier alpha value is -1.91. The minimum Gasteiger partial charge on any atom is -0.480 e. The van der Waals surface area contributed by atoms with E-state index >= 15 is 0 Å². The van der Waals surface area contributed by atoms with Crippen LogP contribution in [0.2, 0.25) is 0 Å². The third-order valence-corrected chi connectivity index (χ3v) is 2.71. The predicted molar refractivity (Wildman–Crippen MR) is 65.1 cm³/mol. The van der Waals surface area contributed by atoms with Gasteiger partial charge in [0, 0.05) is 5.56 Å². The highest BCUT2D eigenvalue weighted by Gasteiger charge is 2.19. The van der Waals surface area contributed by atoms with Crippen molar-refractivity contribution in [2.24, 2.45) is 0 Å².